The molecule has 0 saturated heterocycles. The summed E-state index contributed by atoms with van der Waals surface area (Å²) in [5.41, 5.74) is 0. The van der Waals surface area contributed by atoms with Crippen molar-refractivity contribution in [3.8, 4) is 0 Å². The molecule has 0 unspecified atom stereocenters. The van der Waals surface area contributed by atoms with Crippen LogP contribution in [0.25, 0.3) is 0 Å². The molecule has 0 spiro atoms. The van der Waals surface area contributed by atoms with E-state index in [1.165, 1.54) is 6.26 Å². The van der Waals surface area contributed by atoms with Crippen molar-refractivity contribution in [3.63, 3.8) is 0 Å². The average molecular weight is 237 g/mol. The number of sulfone groups is 1. The van der Waals surface area contributed by atoms with Crippen LogP contribution in [0.5, 0.6) is 0 Å². The maximum absolute atomic E-state index is 11.3. The van der Waals surface area contributed by atoms with Crippen LogP contribution >= 0.6 is 0 Å². The Labute approximate surface area is 91.1 Å². The van der Waals surface area contributed by atoms with Gasteiger partial charge >= 0.3 is 5.97 Å². The summed E-state index contributed by atoms with van der Waals surface area (Å²) >= 11 is 0. The third-order valence-electron chi connectivity index (χ3n) is 2.13. The van der Waals surface area contributed by atoms with Crippen molar-refractivity contribution in [1.82, 2.24) is 5.32 Å². The van der Waals surface area contributed by atoms with Gasteiger partial charge in [0.1, 0.15) is 0 Å². The first kappa shape index (κ1) is 14.4. The van der Waals surface area contributed by atoms with Gasteiger partial charge in [0.2, 0.25) is 0 Å². The van der Waals surface area contributed by atoms with Crippen LogP contribution in [0.2, 0.25) is 0 Å². The van der Waals surface area contributed by atoms with E-state index in [0.29, 0.717) is 6.61 Å². The minimum absolute atomic E-state index is 0.0345. The molecular weight excluding hydrogens is 218 g/mol. The van der Waals surface area contributed by atoms with E-state index < -0.39 is 14.6 Å². The summed E-state index contributed by atoms with van der Waals surface area (Å²) in [7, 11) is -3.13. The second-order valence-corrected chi connectivity index (χ2v) is 6.59. The normalized spacial score (nSPS) is 12.5. The van der Waals surface area contributed by atoms with E-state index in [1.54, 1.807) is 20.8 Å². The van der Waals surface area contributed by atoms with Gasteiger partial charge in [0.25, 0.3) is 0 Å². The maximum Gasteiger partial charge on any atom is 0.319 e. The minimum atomic E-state index is -3.13. The topological polar surface area (TPSA) is 72.5 Å². The number of nitrogens with one attached hydrogen (secondary N) is 1. The van der Waals surface area contributed by atoms with Crippen LogP contribution in [0.1, 0.15) is 20.8 Å². The molecule has 0 saturated carbocycles. The van der Waals surface area contributed by atoms with Crippen LogP contribution in [0.4, 0.5) is 0 Å². The lowest BCUT2D eigenvalue weighted by atomic mass is 10.2. The Balaban J connectivity index is 4.02. The number of ether oxygens (including phenoxy) is 1. The van der Waals surface area contributed by atoms with E-state index in [0.717, 1.165) is 0 Å². The quantitative estimate of drug-likeness (QED) is 0.656. The largest absolute Gasteiger partial charge is 0.465 e. The Hall–Kier alpha value is -0.620. The highest BCUT2D eigenvalue weighted by Crippen LogP contribution is 2.12. The Morgan fingerprint density at radius 1 is 1.40 bits per heavy atom. The first-order chi connectivity index (χ1) is 6.70. The third-order valence-corrected chi connectivity index (χ3v) is 4.28. The van der Waals surface area contributed by atoms with Gasteiger partial charge in [0.05, 0.1) is 17.9 Å². The van der Waals surface area contributed by atoms with E-state index >= 15 is 0 Å². The Kier molecular flexibility index (Phi) is 5.23. The molecule has 0 atom stereocenters. The molecule has 0 heterocycles. The number of hydrogen-bond acceptors (Lipinski definition) is 5. The zero-order chi connectivity index (χ0) is 12.1. The molecule has 5 nitrogen and oxygen atoms in total. The van der Waals surface area contributed by atoms with E-state index in [4.69, 9.17) is 4.74 Å². The predicted octanol–water partition coefficient (Wildman–Crippen LogP) is -0.0377. The average Bonchev–Trinajstić information content (AvgIpc) is 2.01. The summed E-state index contributed by atoms with van der Waals surface area (Å²) in [6.45, 7) is 5.53. The van der Waals surface area contributed by atoms with Crippen LogP contribution in [-0.2, 0) is 19.4 Å². The van der Waals surface area contributed by atoms with Gasteiger partial charge in [0.15, 0.2) is 9.84 Å². The number of hydrogen-bond donors (Lipinski definition) is 1. The summed E-state index contributed by atoms with van der Waals surface area (Å²) in [5, 5.41) is 2.76. The molecule has 0 fully saturated rings. The molecule has 0 aliphatic heterocycles. The molecule has 0 radical (unpaired) electrons. The van der Waals surface area contributed by atoms with Crippen molar-refractivity contribution in [2.45, 2.75) is 25.5 Å². The van der Waals surface area contributed by atoms with Crippen molar-refractivity contribution in [1.29, 1.82) is 0 Å². The van der Waals surface area contributed by atoms with E-state index in [2.05, 4.69) is 5.32 Å². The lowest BCUT2D eigenvalue weighted by Gasteiger charge is -2.22. The lowest BCUT2D eigenvalue weighted by Crippen LogP contribution is -2.43. The smallest absolute Gasteiger partial charge is 0.319 e. The van der Waals surface area contributed by atoms with Gasteiger partial charge in [-0.25, -0.2) is 8.42 Å². The van der Waals surface area contributed by atoms with E-state index in [-0.39, 0.29) is 19.1 Å². The highest BCUT2D eigenvalue weighted by atomic mass is 32.2. The maximum atomic E-state index is 11.3. The fourth-order valence-electron chi connectivity index (χ4n) is 0.809. The van der Waals surface area contributed by atoms with Crippen LogP contribution in [0, 0.1) is 0 Å². The summed E-state index contributed by atoms with van der Waals surface area (Å²) in [6, 6.07) is 0. The summed E-state index contributed by atoms with van der Waals surface area (Å²) in [6.07, 6.45) is 1.18. The fourth-order valence-corrected chi connectivity index (χ4v) is 1.17. The van der Waals surface area contributed by atoms with Gasteiger partial charge in [0, 0.05) is 12.8 Å². The molecule has 0 aromatic heterocycles. The second-order valence-electron chi connectivity index (χ2n) is 3.94. The zero-order valence-corrected chi connectivity index (χ0v) is 10.5. The number of carbonyl (C=O) groups is 1. The van der Waals surface area contributed by atoms with Crippen molar-refractivity contribution in [2.75, 3.05) is 26.0 Å². The molecule has 0 rings (SSSR count). The van der Waals surface area contributed by atoms with E-state index in [1.807, 2.05) is 0 Å². The van der Waals surface area contributed by atoms with Gasteiger partial charge in [-0.3, -0.25) is 4.79 Å². The van der Waals surface area contributed by atoms with Crippen LogP contribution in [0.15, 0.2) is 0 Å². The summed E-state index contributed by atoms with van der Waals surface area (Å²) in [5.74, 6) is -0.373. The molecule has 0 aromatic carbocycles. The fraction of sp³-hybridized carbons (Fsp3) is 0.889. The first-order valence-electron chi connectivity index (χ1n) is 4.76. The molecule has 90 valence electrons. The van der Waals surface area contributed by atoms with Crippen molar-refractivity contribution < 1.29 is 17.9 Å². The van der Waals surface area contributed by atoms with Crippen molar-refractivity contribution in [3.05, 3.63) is 0 Å². The highest BCUT2D eigenvalue weighted by Gasteiger charge is 2.29. The van der Waals surface area contributed by atoms with Crippen LogP contribution in [0.3, 0.4) is 0 Å². The molecule has 0 bridgehead atoms. The van der Waals surface area contributed by atoms with E-state index in [9.17, 15) is 13.2 Å². The van der Waals surface area contributed by atoms with Gasteiger partial charge in [-0.05, 0) is 20.8 Å². The van der Waals surface area contributed by atoms with Gasteiger partial charge in [-0.15, -0.1) is 0 Å². The van der Waals surface area contributed by atoms with Crippen LogP contribution in [-0.4, -0.2) is 45.1 Å². The highest BCUT2D eigenvalue weighted by molar-refractivity contribution is 7.92. The Morgan fingerprint density at radius 3 is 2.33 bits per heavy atom. The number of rotatable bonds is 6. The monoisotopic (exact) mass is 237 g/mol. The standard InChI is InChI=1S/C9H19NO4S/c1-5-14-8(11)6-10-7-9(2,3)15(4,12)13/h10H,5-7H2,1-4H3. The van der Waals surface area contributed by atoms with Gasteiger partial charge in [-0.1, -0.05) is 0 Å². The SMILES string of the molecule is CCOC(=O)CNCC(C)(C)S(C)(=O)=O. The molecule has 0 amide bonds. The predicted molar refractivity (Wildman–Crippen MR) is 58.4 cm³/mol. The lowest BCUT2D eigenvalue weighted by molar-refractivity contribution is -0.142. The van der Waals surface area contributed by atoms with Gasteiger partial charge < -0.3 is 10.1 Å². The van der Waals surface area contributed by atoms with Gasteiger partial charge in [-0.2, -0.15) is 0 Å². The minimum Gasteiger partial charge on any atom is -0.465 e. The molecule has 6 heteroatoms. The molecular formula is C9H19NO4S. The molecule has 1 N–H and O–H groups in total. The molecule has 0 aliphatic carbocycles. The van der Waals surface area contributed by atoms with Crippen molar-refractivity contribution in [2.24, 2.45) is 0 Å². The molecule has 0 aliphatic rings. The zero-order valence-electron chi connectivity index (χ0n) is 9.66. The number of carbonyl (C=O) groups excluding carboxylic acids is 1. The Morgan fingerprint density at radius 2 is 1.93 bits per heavy atom. The molecule has 0 aromatic rings. The van der Waals surface area contributed by atoms with Crippen molar-refractivity contribution >= 4 is 15.8 Å². The Bertz CT molecular complexity index is 308. The van der Waals surface area contributed by atoms with Crippen LogP contribution < -0.4 is 5.32 Å². The second kappa shape index (κ2) is 5.46. The number of esters is 1. The third kappa shape index (κ3) is 5.13. The first-order valence-corrected chi connectivity index (χ1v) is 6.66. The summed E-state index contributed by atoms with van der Waals surface area (Å²) < 4.78 is 26.4. The molecule has 15 heavy (non-hydrogen) atoms. The summed E-state index contributed by atoms with van der Waals surface area (Å²) in [4.78, 5) is 10.9.